The molecule has 84 valence electrons. The molecule has 3 heteroatoms. The molecule has 0 spiro atoms. The number of aromatic nitrogens is 2. The van der Waals surface area contributed by atoms with Crippen molar-refractivity contribution < 1.29 is 4.42 Å². The van der Waals surface area contributed by atoms with Crippen LogP contribution in [0.1, 0.15) is 11.3 Å². The van der Waals surface area contributed by atoms with E-state index in [1.54, 1.807) is 0 Å². The predicted octanol–water partition coefficient (Wildman–Crippen LogP) is 3.51. The average Bonchev–Trinajstić information content (AvgIpc) is 2.72. The molecule has 0 bridgehead atoms. The summed E-state index contributed by atoms with van der Waals surface area (Å²) in [5.41, 5.74) is 4.51. The van der Waals surface area contributed by atoms with E-state index in [1.807, 2.05) is 31.2 Å². The van der Waals surface area contributed by atoms with Crippen molar-refractivity contribution in [1.29, 1.82) is 0 Å². The summed E-state index contributed by atoms with van der Waals surface area (Å²) in [7, 11) is 0. The second kappa shape index (κ2) is 3.70. The van der Waals surface area contributed by atoms with E-state index in [-0.39, 0.29) is 0 Å². The minimum atomic E-state index is 0.599. The summed E-state index contributed by atoms with van der Waals surface area (Å²) in [6.07, 6.45) is 0. The highest BCUT2D eigenvalue weighted by Crippen LogP contribution is 2.23. The first-order valence-electron chi connectivity index (χ1n) is 5.53. The number of fused-ring (bicyclic) bond motifs is 1. The van der Waals surface area contributed by atoms with Gasteiger partial charge in [0.1, 0.15) is 5.52 Å². The Morgan fingerprint density at radius 2 is 1.88 bits per heavy atom. The first kappa shape index (κ1) is 10.0. The van der Waals surface area contributed by atoms with Crippen LogP contribution in [-0.2, 0) is 0 Å². The number of nitrogens with zero attached hydrogens (tertiary/aromatic N) is 2. The highest BCUT2D eigenvalue weighted by atomic mass is 16.4. The quantitative estimate of drug-likeness (QED) is 0.635. The largest absolute Gasteiger partial charge is 0.418 e. The average molecular weight is 224 g/mol. The molecule has 1 aromatic carbocycles. The zero-order valence-electron chi connectivity index (χ0n) is 9.77. The highest BCUT2D eigenvalue weighted by Gasteiger charge is 2.08. The summed E-state index contributed by atoms with van der Waals surface area (Å²) < 4.78 is 5.67. The third-order valence-corrected chi connectivity index (χ3v) is 2.66. The minimum Gasteiger partial charge on any atom is -0.418 e. The lowest BCUT2D eigenvalue weighted by Gasteiger charge is -1.95. The van der Waals surface area contributed by atoms with Crippen LogP contribution in [0.2, 0.25) is 0 Å². The van der Waals surface area contributed by atoms with Gasteiger partial charge >= 0.3 is 0 Å². The van der Waals surface area contributed by atoms with Crippen LogP contribution in [0.4, 0.5) is 0 Å². The van der Waals surface area contributed by atoms with E-state index in [2.05, 4.69) is 29.0 Å². The van der Waals surface area contributed by atoms with Gasteiger partial charge in [-0.15, -0.1) is 0 Å². The summed E-state index contributed by atoms with van der Waals surface area (Å²) in [6.45, 7) is 3.99. The van der Waals surface area contributed by atoms with E-state index in [1.165, 1.54) is 5.56 Å². The van der Waals surface area contributed by atoms with Crippen LogP contribution in [0.5, 0.6) is 0 Å². The van der Waals surface area contributed by atoms with E-state index in [4.69, 9.17) is 4.42 Å². The molecular weight excluding hydrogens is 212 g/mol. The molecule has 0 atom stereocenters. The number of hydrogen-bond acceptors (Lipinski definition) is 3. The summed E-state index contributed by atoms with van der Waals surface area (Å²) in [4.78, 5) is 8.75. The Kier molecular flexibility index (Phi) is 2.18. The second-order valence-corrected chi connectivity index (χ2v) is 4.17. The van der Waals surface area contributed by atoms with Crippen LogP contribution in [-0.4, -0.2) is 9.97 Å². The SMILES string of the molecule is Cc1cccc(-c2nc3ccc(C)nc3o2)c1. The molecule has 0 aliphatic rings. The van der Waals surface area contributed by atoms with Crippen molar-refractivity contribution in [2.75, 3.05) is 0 Å². The number of hydrogen-bond donors (Lipinski definition) is 0. The van der Waals surface area contributed by atoms with Gasteiger partial charge in [0, 0.05) is 11.3 Å². The molecule has 0 aliphatic heterocycles. The van der Waals surface area contributed by atoms with E-state index in [0.717, 1.165) is 16.8 Å². The van der Waals surface area contributed by atoms with Crippen molar-refractivity contribution >= 4 is 11.2 Å². The van der Waals surface area contributed by atoms with Crippen LogP contribution in [0.15, 0.2) is 40.8 Å². The summed E-state index contributed by atoms with van der Waals surface area (Å²) in [6, 6.07) is 12.0. The molecule has 2 aromatic heterocycles. The van der Waals surface area contributed by atoms with Crippen LogP contribution in [0.3, 0.4) is 0 Å². The molecule has 0 aliphatic carbocycles. The molecule has 3 aromatic rings. The van der Waals surface area contributed by atoms with Crippen molar-refractivity contribution in [2.45, 2.75) is 13.8 Å². The number of benzene rings is 1. The van der Waals surface area contributed by atoms with Gasteiger partial charge in [-0.3, -0.25) is 0 Å². The third-order valence-electron chi connectivity index (χ3n) is 2.66. The Morgan fingerprint density at radius 1 is 1.00 bits per heavy atom. The van der Waals surface area contributed by atoms with Crippen molar-refractivity contribution in [3.63, 3.8) is 0 Å². The fraction of sp³-hybridized carbons (Fsp3) is 0.143. The normalized spacial score (nSPS) is 10.9. The predicted molar refractivity (Wildman–Crippen MR) is 66.7 cm³/mol. The van der Waals surface area contributed by atoms with Gasteiger partial charge in [0.2, 0.25) is 11.6 Å². The molecule has 17 heavy (non-hydrogen) atoms. The zero-order valence-corrected chi connectivity index (χ0v) is 9.77. The lowest BCUT2D eigenvalue weighted by Crippen LogP contribution is -1.78. The topological polar surface area (TPSA) is 38.9 Å². The van der Waals surface area contributed by atoms with Crippen molar-refractivity contribution in [3.8, 4) is 11.5 Å². The molecule has 3 rings (SSSR count). The van der Waals surface area contributed by atoms with Gasteiger partial charge < -0.3 is 4.42 Å². The van der Waals surface area contributed by atoms with E-state index in [9.17, 15) is 0 Å². The van der Waals surface area contributed by atoms with Gasteiger partial charge in [0.05, 0.1) is 0 Å². The highest BCUT2D eigenvalue weighted by molar-refractivity contribution is 5.72. The van der Waals surface area contributed by atoms with Gasteiger partial charge in [-0.2, -0.15) is 0 Å². The smallest absolute Gasteiger partial charge is 0.247 e. The van der Waals surface area contributed by atoms with Crippen molar-refractivity contribution in [1.82, 2.24) is 9.97 Å². The standard InChI is InChI=1S/C14H12N2O/c1-9-4-3-5-11(8-9)13-16-12-7-6-10(2)15-14(12)17-13/h3-8H,1-2H3. The van der Waals surface area contributed by atoms with E-state index >= 15 is 0 Å². The number of oxazole rings is 1. The van der Waals surface area contributed by atoms with Crippen molar-refractivity contribution in [3.05, 3.63) is 47.7 Å². The van der Waals surface area contributed by atoms with Gasteiger partial charge in [-0.05, 0) is 38.1 Å². The molecule has 0 radical (unpaired) electrons. The Labute approximate surface area is 99.1 Å². The molecule has 0 saturated heterocycles. The maximum atomic E-state index is 5.67. The van der Waals surface area contributed by atoms with Gasteiger partial charge in [-0.25, -0.2) is 9.97 Å². The van der Waals surface area contributed by atoms with Crippen molar-refractivity contribution in [2.24, 2.45) is 0 Å². The van der Waals surface area contributed by atoms with Gasteiger partial charge in [-0.1, -0.05) is 17.7 Å². The zero-order chi connectivity index (χ0) is 11.8. The molecule has 0 fully saturated rings. The Balaban J connectivity index is 2.18. The minimum absolute atomic E-state index is 0.599. The molecule has 3 nitrogen and oxygen atoms in total. The first-order chi connectivity index (χ1) is 8.22. The fourth-order valence-corrected chi connectivity index (χ4v) is 1.81. The maximum Gasteiger partial charge on any atom is 0.247 e. The van der Waals surface area contributed by atoms with Gasteiger partial charge in [0.15, 0.2) is 0 Å². The molecule has 0 N–H and O–H groups in total. The number of pyridine rings is 1. The van der Waals surface area contributed by atoms with Gasteiger partial charge in [0.25, 0.3) is 0 Å². The fourth-order valence-electron chi connectivity index (χ4n) is 1.81. The summed E-state index contributed by atoms with van der Waals surface area (Å²) in [5.74, 6) is 0.627. The Hall–Kier alpha value is -2.16. The Morgan fingerprint density at radius 3 is 2.71 bits per heavy atom. The van der Waals surface area contributed by atoms with Crippen LogP contribution >= 0.6 is 0 Å². The maximum absolute atomic E-state index is 5.67. The number of rotatable bonds is 1. The summed E-state index contributed by atoms with van der Waals surface area (Å²) >= 11 is 0. The number of aryl methyl sites for hydroxylation is 2. The summed E-state index contributed by atoms with van der Waals surface area (Å²) in [5, 5.41) is 0. The lowest BCUT2D eigenvalue weighted by atomic mass is 10.1. The molecule has 0 amide bonds. The lowest BCUT2D eigenvalue weighted by molar-refractivity contribution is 0.607. The monoisotopic (exact) mass is 224 g/mol. The van der Waals surface area contributed by atoms with E-state index in [0.29, 0.717) is 11.6 Å². The molecule has 0 unspecified atom stereocenters. The molecule has 2 heterocycles. The third kappa shape index (κ3) is 1.80. The molecular formula is C14H12N2O. The molecule has 0 saturated carbocycles. The second-order valence-electron chi connectivity index (χ2n) is 4.17. The first-order valence-corrected chi connectivity index (χ1v) is 5.53. The Bertz CT molecular complexity index is 686. The van der Waals surface area contributed by atoms with Crippen LogP contribution < -0.4 is 0 Å². The van der Waals surface area contributed by atoms with E-state index < -0.39 is 0 Å². The van der Waals surface area contributed by atoms with Crippen LogP contribution in [0.25, 0.3) is 22.7 Å². The van der Waals surface area contributed by atoms with Crippen LogP contribution in [0, 0.1) is 13.8 Å².